The molecule has 0 bridgehead atoms. The first kappa shape index (κ1) is 19.8. The molecule has 3 atom stereocenters. The van der Waals surface area contributed by atoms with Crippen molar-refractivity contribution in [1.82, 2.24) is 14.5 Å². The highest BCUT2D eigenvalue weighted by Gasteiger charge is 2.47. The Kier molecular flexibility index (Phi) is 4.96. The van der Waals surface area contributed by atoms with E-state index >= 15 is 0 Å². The van der Waals surface area contributed by atoms with Crippen LogP contribution in [0.1, 0.15) is 17.9 Å². The van der Waals surface area contributed by atoms with Crippen LogP contribution in [0.4, 0.5) is 4.39 Å². The molecule has 2 aliphatic rings. The molecule has 1 saturated carbocycles. The first-order valence-corrected chi connectivity index (χ1v) is 10.8. The van der Waals surface area contributed by atoms with Crippen molar-refractivity contribution < 1.29 is 4.39 Å². The topological polar surface area (TPSA) is 58.1 Å². The fraction of sp³-hybridized carbons (Fsp3) is 0.364. The number of benzene rings is 2. The maximum Gasteiger partial charge on any atom is 0.328 e. The van der Waals surface area contributed by atoms with Crippen LogP contribution < -0.4 is 11.2 Å². The molecule has 30 heavy (non-hydrogen) atoms. The molecular formula is C22H20Cl2FN3O2. The van der Waals surface area contributed by atoms with E-state index in [-0.39, 0.29) is 16.4 Å². The van der Waals surface area contributed by atoms with Gasteiger partial charge in [-0.2, -0.15) is 0 Å². The van der Waals surface area contributed by atoms with E-state index in [2.05, 4.69) is 9.88 Å². The zero-order valence-corrected chi connectivity index (χ0v) is 17.6. The van der Waals surface area contributed by atoms with Gasteiger partial charge in [-0.15, -0.1) is 0 Å². The van der Waals surface area contributed by atoms with E-state index in [1.165, 1.54) is 34.4 Å². The molecule has 2 heterocycles. The van der Waals surface area contributed by atoms with E-state index in [0.29, 0.717) is 46.8 Å². The summed E-state index contributed by atoms with van der Waals surface area (Å²) in [4.78, 5) is 30.3. The third-order valence-corrected chi connectivity index (χ3v) is 7.10. The van der Waals surface area contributed by atoms with Crippen molar-refractivity contribution in [3.8, 4) is 0 Å². The molecule has 5 nitrogen and oxygen atoms in total. The third-order valence-electron chi connectivity index (χ3n) is 6.59. The highest BCUT2D eigenvalue weighted by atomic mass is 35.5. The van der Waals surface area contributed by atoms with Crippen LogP contribution in [-0.2, 0) is 6.54 Å². The molecule has 156 valence electrons. The van der Waals surface area contributed by atoms with Crippen molar-refractivity contribution in [1.29, 1.82) is 0 Å². The summed E-state index contributed by atoms with van der Waals surface area (Å²) in [6.45, 7) is 2.80. The number of H-pyrrole nitrogens is 1. The van der Waals surface area contributed by atoms with Gasteiger partial charge in [-0.25, -0.2) is 9.18 Å². The molecule has 3 unspecified atom stereocenters. The molecule has 2 aromatic carbocycles. The minimum atomic E-state index is -0.469. The number of halogens is 3. The minimum Gasteiger partial charge on any atom is -0.305 e. The van der Waals surface area contributed by atoms with Crippen LogP contribution in [0.25, 0.3) is 10.9 Å². The van der Waals surface area contributed by atoms with Crippen LogP contribution >= 0.6 is 23.2 Å². The van der Waals surface area contributed by atoms with Crippen LogP contribution in [0, 0.1) is 17.7 Å². The Balaban J connectivity index is 1.31. The Morgan fingerprint density at radius 3 is 2.60 bits per heavy atom. The lowest BCUT2D eigenvalue weighted by Gasteiger charge is -2.40. The number of nitrogens with zero attached hydrogens (tertiary/aromatic N) is 2. The SMILES string of the molecule is O=c1[nH]c2c(Cl)cc(Cl)cc2c(=O)n1CCN1CC2CC(c3ccc(F)cc3)C2C1. The van der Waals surface area contributed by atoms with Gasteiger partial charge in [0.15, 0.2) is 0 Å². The van der Waals surface area contributed by atoms with Crippen LogP contribution in [0.5, 0.6) is 0 Å². The molecule has 1 aromatic heterocycles. The van der Waals surface area contributed by atoms with E-state index in [1.54, 1.807) is 0 Å². The number of nitrogens with one attached hydrogen (secondary N) is 1. The summed E-state index contributed by atoms with van der Waals surface area (Å²) in [7, 11) is 0. The normalized spacial score (nSPS) is 23.5. The fourth-order valence-corrected chi connectivity index (χ4v) is 5.54. The van der Waals surface area contributed by atoms with Gasteiger partial charge in [-0.1, -0.05) is 35.3 Å². The van der Waals surface area contributed by atoms with E-state index in [4.69, 9.17) is 23.2 Å². The van der Waals surface area contributed by atoms with E-state index in [1.807, 2.05) is 12.1 Å². The summed E-state index contributed by atoms with van der Waals surface area (Å²) in [5, 5.41) is 0.915. The molecule has 8 heteroatoms. The van der Waals surface area contributed by atoms with Gasteiger partial charge in [0.1, 0.15) is 5.82 Å². The van der Waals surface area contributed by atoms with Gasteiger partial charge in [0.2, 0.25) is 0 Å². The standard InChI is InChI=1S/C22H20Cl2FN3O2/c23-14-8-17-20(19(24)9-14)26-22(30)28(21(17)29)6-5-27-10-13-7-16(18(13)11-27)12-1-3-15(25)4-2-12/h1-4,8-9,13,16,18H,5-7,10-11H2,(H,26,30). The zero-order valence-electron chi connectivity index (χ0n) is 16.1. The van der Waals surface area contributed by atoms with Crippen molar-refractivity contribution in [2.45, 2.75) is 18.9 Å². The predicted octanol–water partition coefficient (Wildman–Crippen LogP) is 3.87. The van der Waals surface area contributed by atoms with Crippen molar-refractivity contribution in [3.63, 3.8) is 0 Å². The molecule has 0 spiro atoms. The molecule has 1 saturated heterocycles. The fourth-order valence-electron chi connectivity index (χ4n) is 5.00. The van der Waals surface area contributed by atoms with Gasteiger partial charge in [-0.05, 0) is 54.0 Å². The Morgan fingerprint density at radius 1 is 1.07 bits per heavy atom. The lowest BCUT2D eigenvalue weighted by molar-refractivity contribution is 0.191. The smallest absolute Gasteiger partial charge is 0.305 e. The second-order valence-corrected chi connectivity index (χ2v) is 9.12. The average molecular weight is 448 g/mol. The van der Waals surface area contributed by atoms with Gasteiger partial charge < -0.3 is 9.88 Å². The lowest BCUT2D eigenvalue weighted by Crippen LogP contribution is -2.38. The number of aromatic amines is 1. The van der Waals surface area contributed by atoms with Gasteiger partial charge in [0.25, 0.3) is 5.56 Å². The number of likely N-dealkylation sites (tertiary alicyclic amines) is 1. The molecule has 1 aliphatic heterocycles. The van der Waals surface area contributed by atoms with E-state index in [0.717, 1.165) is 19.5 Å². The van der Waals surface area contributed by atoms with Crippen molar-refractivity contribution in [3.05, 3.63) is 78.7 Å². The minimum absolute atomic E-state index is 0.212. The average Bonchev–Trinajstić information content (AvgIpc) is 3.00. The largest absolute Gasteiger partial charge is 0.328 e. The summed E-state index contributed by atoms with van der Waals surface area (Å²) >= 11 is 12.1. The van der Waals surface area contributed by atoms with Gasteiger partial charge in [0.05, 0.1) is 15.9 Å². The number of rotatable bonds is 4. The molecule has 1 N–H and O–H groups in total. The molecular weight excluding hydrogens is 428 g/mol. The molecule has 5 rings (SSSR count). The number of fused-ring (bicyclic) bond motifs is 2. The quantitative estimate of drug-likeness (QED) is 0.660. The molecule has 3 aromatic rings. The predicted molar refractivity (Wildman–Crippen MR) is 116 cm³/mol. The summed E-state index contributed by atoms with van der Waals surface area (Å²) in [6.07, 6.45) is 1.10. The third kappa shape index (κ3) is 3.37. The Labute approximate surface area is 182 Å². The van der Waals surface area contributed by atoms with E-state index < -0.39 is 5.69 Å². The monoisotopic (exact) mass is 447 g/mol. The van der Waals surface area contributed by atoms with E-state index in [9.17, 15) is 14.0 Å². The van der Waals surface area contributed by atoms with Crippen LogP contribution in [0.3, 0.4) is 0 Å². The number of aromatic nitrogens is 2. The van der Waals surface area contributed by atoms with Gasteiger partial charge >= 0.3 is 5.69 Å². The maximum atomic E-state index is 13.2. The van der Waals surface area contributed by atoms with Gasteiger partial charge in [-0.3, -0.25) is 9.36 Å². The summed E-state index contributed by atoms with van der Waals surface area (Å²) in [6, 6.07) is 9.83. The first-order valence-electron chi connectivity index (χ1n) is 10.0. The maximum absolute atomic E-state index is 13.2. The Bertz CT molecular complexity index is 1240. The second kappa shape index (κ2) is 7.52. The summed E-state index contributed by atoms with van der Waals surface area (Å²) in [5.41, 5.74) is 0.650. The zero-order chi connectivity index (χ0) is 21.0. The molecule has 0 amide bonds. The highest BCUT2D eigenvalue weighted by molar-refractivity contribution is 6.38. The molecule has 0 radical (unpaired) electrons. The first-order chi connectivity index (χ1) is 14.4. The van der Waals surface area contributed by atoms with Gasteiger partial charge in [0, 0.05) is 31.2 Å². The summed E-state index contributed by atoms with van der Waals surface area (Å²) < 4.78 is 14.4. The molecule has 1 aliphatic carbocycles. The van der Waals surface area contributed by atoms with Crippen LogP contribution in [0.15, 0.2) is 46.0 Å². The van der Waals surface area contributed by atoms with Crippen molar-refractivity contribution in [2.24, 2.45) is 11.8 Å². The Morgan fingerprint density at radius 2 is 1.83 bits per heavy atom. The Hall–Kier alpha value is -2.15. The molecule has 2 fully saturated rings. The van der Waals surface area contributed by atoms with Crippen molar-refractivity contribution in [2.75, 3.05) is 19.6 Å². The van der Waals surface area contributed by atoms with Crippen molar-refractivity contribution >= 4 is 34.1 Å². The summed E-state index contributed by atoms with van der Waals surface area (Å²) in [5.74, 6) is 1.40. The second-order valence-electron chi connectivity index (χ2n) is 8.27. The van der Waals surface area contributed by atoms with Crippen LogP contribution in [0.2, 0.25) is 10.0 Å². The number of hydrogen-bond acceptors (Lipinski definition) is 3. The lowest BCUT2D eigenvalue weighted by atomic mass is 9.64. The highest BCUT2D eigenvalue weighted by Crippen LogP contribution is 2.51. The number of hydrogen-bond donors (Lipinski definition) is 1. The van der Waals surface area contributed by atoms with Crippen LogP contribution in [-0.4, -0.2) is 34.1 Å².